The fourth-order valence-corrected chi connectivity index (χ4v) is 3.55. The topological polar surface area (TPSA) is 79.7 Å². The van der Waals surface area contributed by atoms with Crippen molar-refractivity contribution in [2.45, 2.75) is 6.04 Å². The van der Waals surface area contributed by atoms with Gasteiger partial charge in [0.25, 0.3) is 11.7 Å². The largest absolute Gasteiger partial charge is 0.507 e. The molecule has 0 radical (unpaired) electrons. The number of ether oxygens (including phenoxy) is 1. The smallest absolute Gasteiger partial charge is 0.300 e. The Hall–Kier alpha value is -4.00. The molecule has 7 heteroatoms. The number of pyridine rings is 1. The number of benzene rings is 2. The molecule has 2 heterocycles. The number of aliphatic hydroxyl groups excluding tert-OH is 1. The molecule has 1 amide bonds. The lowest BCUT2D eigenvalue weighted by atomic mass is 9.95. The van der Waals surface area contributed by atoms with Crippen LogP contribution in [0, 0.1) is 5.82 Å². The molecule has 0 bridgehead atoms. The lowest BCUT2D eigenvalue weighted by Crippen LogP contribution is -2.29. The summed E-state index contributed by atoms with van der Waals surface area (Å²) in [7, 11) is 1.37. The van der Waals surface area contributed by atoms with E-state index in [1.807, 2.05) is 0 Å². The molecule has 1 unspecified atom stereocenters. The van der Waals surface area contributed by atoms with Gasteiger partial charge in [-0.1, -0.05) is 24.3 Å². The Bertz CT molecular complexity index is 1150. The average molecular weight is 404 g/mol. The number of halogens is 1. The number of rotatable bonds is 4. The average Bonchev–Trinajstić information content (AvgIpc) is 3.05. The summed E-state index contributed by atoms with van der Waals surface area (Å²) in [5.74, 6) is -2.64. The number of hydrogen-bond acceptors (Lipinski definition) is 5. The molecule has 150 valence electrons. The minimum atomic E-state index is -0.936. The second-order valence-electron chi connectivity index (χ2n) is 6.64. The van der Waals surface area contributed by atoms with E-state index >= 15 is 0 Å². The van der Waals surface area contributed by atoms with Gasteiger partial charge in [0.15, 0.2) is 0 Å². The third kappa shape index (κ3) is 3.20. The van der Waals surface area contributed by atoms with Crippen LogP contribution in [0.4, 0.5) is 10.1 Å². The summed E-state index contributed by atoms with van der Waals surface area (Å²) in [6, 6.07) is 14.7. The van der Waals surface area contributed by atoms with E-state index in [1.54, 1.807) is 48.7 Å². The number of amides is 1. The van der Waals surface area contributed by atoms with E-state index in [9.17, 15) is 19.1 Å². The predicted molar refractivity (Wildman–Crippen MR) is 108 cm³/mol. The van der Waals surface area contributed by atoms with Crippen LogP contribution in [-0.4, -0.2) is 28.9 Å². The van der Waals surface area contributed by atoms with Crippen molar-refractivity contribution in [2.75, 3.05) is 12.0 Å². The number of aromatic nitrogens is 1. The van der Waals surface area contributed by atoms with Gasteiger partial charge in [0.05, 0.1) is 24.3 Å². The van der Waals surface area contributed by atoms with Crippen LogP contribution >= 0.6 is 0 Å². The number of para-hydroxylation sites is 1. The molecule has 6 nitrogen and oxygen atoms in total. The normalized spacial score (nSPS) is 17.9. The van der Waals surface area contributed by atoms with Crippen LogP contribution in [0.25, 0.3) is 5.76 Å². The highest BCUT2D eigenvalue weighted by Crippen LogP contribution is 2.43. The molecule has 4 rings (SSSR count). The summed E-state index contributed by atoms with van der Waals surface area (Å²) in [4.78, 5) is 31.4. The van der Waals surface area contributed by atoms with Crippen molar-refractivity contribution in [3.63, 3.8) is 0 Å². The first-order valence-corrected chi connectivity index (χ1v) is 9.13. The quantitative estimate of drug-likeness (QED) is 0.406. The van der Waals surface area contributed by atoms with Gasteiger partial charge in [0.1, 0.15) is 17.3 Å². The molecule has 1 N–H and O–H groups in total. The van der Waals surface area contributed by atoms with Crippen LogP contribution in [0.1, 0.15) is 17.2 Å². The van der Waals surface area contributed by atoms with E-state index in [0.717, 1.165) is 6.07 Å². The number of carbonyl (C=O) groups is 2. The number of hydrogen-bond donors (Lipinski definition) is 1. The maximum Gasteiger partial charge on any atom is 0.300 e. The maximum absolute atomic E-state index is 13.9. The molecule has 2 aromatic carbocycles. The summed E-state index contributed by atoms with van der Waals surface area (Å²) in [6.07, 6.45) is 3.08. The summed E-state index contributed by atoms with van der Waals surface area (Å²) in [5, 5.41) is 11.1. The van der Waals surface area contributed by atoms with Gasteiger partial charge in [0.2, 0.25) is 0 Å². The summed E-state index contributed by atoms with van der Waals surface area (Å²) in [5.41, 5.74) is 0.828. The van der Waals surface area contributed by atoms with Crippen LogP contribution < -0.4 is 9.64 Å². The second-order valence-corrected chi connectivity index (χ2v) is 6.64. The number of Topliss-reactive ketones (excluding diaryl/α,β-unsaturated/α-hetero) is 1. The standard InChI is InChI=1S/C23H17FN2O4/c1-30-18-10-9-15(24)12-17(18)21(27)19-20(14-6-5-11-25-13-14)26(23(29)22(19)28)16-7-3-2-4-8-16/h2-13,20,27H,1H3/b21-19+. The molecule has 3 aromatic rings. The van der Waals surface area contributed by atoms with Gasteiger partial charge in [-0.15, -0.1) is 0 Å². The molecule has 1 aliphatic heterocycles. The molecule has 0 spiro atoms. The van der Waals surface area contributed by atoms with Gasteiger partial charge in [-0.2, -0.15) is 0 Å². The minimum absolute atomic E-state index is 0.0162. The van der Waals surface area contributed by atoms with E-state index in [4.69, 9.17) is 4.74 Å². The third-order valence-corrected chi connectivity index (χ3v) is 4.90. The van der Waals surface area contributed by atoms with E-state index in [1.165, 1.54) is 30.3 Å². The number of carbonyl (C=O) groups excluding carboxylic acids is 2. The van der Waals surface area contributed by atoms with Crippen molar-refractivity contribution >= 4 is 23.1 Å². The van der Waals surface area contributed by atoms with E-state index in [0.29, 0.717) is 11.3 Å². The lowest BCUT2D eigenvalue weighted by Gasteiger charge is -2.25. The first kappa shape index (κ1) is 19.3. The van der Waals surface area contributed by atoms with Crippen molar-refractivity contribution in [2.24, 2.45) is 0 Å². The fourth-order valence-electron chi connectivity index (χ4n) is 3.55. The number of nitrogens with zero attached hydrogens (tertiary/aromatic N) is 2. The van der Waals surface area contributed by atoms with Gasteiger partial charge in [-0.3, -0.25) is 19.5 Å². The van der Waals surface area contributed by atoms with Crippen molar-refractivity contribution in [3.8, 4) is 5.75 Å². The Labute approximate surface area is 171 Å². The summed E-state index contributed by atoms with van der Waals surface area (Å²) in [6.45, 7) is 0. The maximum atomic E-state index is 13.9. The summed E-state index contributed by atoms with van der Waals surface area (Å²) < 4.78 is 19.1. The Kier molecular flexibility index (Phi) is 5.02. The van der Waals surface area contributed by atoms with E-state index in [2.05, 4.69) is 4.98 Å². The number of methoxy groups -OCH3 is 1. The molecule has 0 aliphatic carbocycles. The zero-order chi connectivity index (χ0) is 21.3. The monoisotopic (exact) mass is 404 g/mol. The van der Waals surface area contributed by atoms with E-state index < -0.39 is 29.3 Å². The van der Waals surface area contributed by atoms with Crippen LogP contribution in [0.2, 0.25) is 0 Å². The van der Waals surface area contributed by atoms with Crippen LogP contribution in [0.5, 0.6) is 5.75 Å². The van der Waals surface area contributed by atoms with E-state index in [-0.39, 0.29) is 16.9 Å². The summed E-state index contributed by atoms with van der Waals surface area (Å²) >= 11 is 0. The molecule has 0 saturated carbocycles. The first-order valence-electron chi connectivity index (χ1n) is 9.13. The Morgan fingerprint density at radius 3 is 2.53 bits per heavy atom. The molecule has 30 heavy (non-hydrogen) atoms. The highest BCUT2D eigenvalue weighted by Gasteiger charge is 2.47. The van der Waals surface area contributed by atoms with Gasteiger partial charge in [-0.05, 0) is 42.0 Å². The molecule has 1 atom stereocenters. The Balaban J connectivity index is 1.98. The highest BCUT2D eigenvalue weighted by atomic mass is 19.1. The highest BCUT2D eigenvalue weighted by molar-refractivity contribution is 6.51. The molecule has 1 fully saturated rings. The van der Waals surface area contributed by atoms with Gasteiger partial charge >= 0.3 is 0 Å². The van der Waals surface area contributed by atoms with Gasteiger partial charge < -0.3 is 9.84 Å². The fraction of sp³-hybridized carbons (Fsp3) is 0.0870. The Morgan fingerprint density at radius 2 is 1.87 bits per heavy atom. The van der Waals surface area contributed by atoms with Crippen LogP contribution in [0.15, 0.2) is 78.6 Å². The van der Waals surface area contributed by atoms with Crippen molar-refractivity contribution in [3.05, 3.63) is 95.6 Å². The third-order valence-electron chi connectivity index (χ3n) is 4.90. The van der Waals surface area contributed by atoms with Crippen molar-refractivity contribution in [1.29, 1.82) is 0 Å². The van der Waals surface area contributed by atoms with Gasteiger partial charge in [0, 0.05) is 18.1 Å². The van der Waals surface area contributed by atoms with Gasteiger partial charge in [-0.25, -0.2) is 4.39 Å². The Morgan fingerprint density at radius 1 is 1.10 bits per heavy atom. The SMILES string of the molecule is COc1ccc(F)cc1/C(O)=C1\C(=O)C(=O)N(c2ccccc2)C1c1cccnc1. The molecular formula is C23H17FN2O4. The van der Waals surface area contributed by atoms with Crippen molar-refractivity contribution < 1.29 is 23.8 Å². The zero-order valence-corrected chi connectivity index (χ0v) is 15.9. The number of anilines is 1. The molecular weight excluding hydrogens is 387 g/mol. The first-order chi connectivity index (χ1) is 14.5. The number of aliphatic hydroxyl groups is 1. The van der Waals surface area contributed by atoms with Crippen LogP contribution in [-0.2, 0) is 9.59 Å². The molecule has 1 aliphatic rings. The lowest BCUT2D eigenvalue weighted by molar-refractivity contribution is -0.132. The van der Waals surface area contributed by atoms with Crippen molar-refractivity contribution in [1.82, 2.24) is 4.98 Å². The predicted octanol–water partition coefficient (Wildman–Crippen LogP) is 3.86. The molecule has 1 saturated heterocycles. The second kappa shape index (κ2) is 7.79. The number of ketones is 1. The minimum Gasteiger partial charge on any atom is -0.507 e. The zero-order valence-electron chi connectivity index (χ0n) is 15.9. The van der Waals surface area contributed by atoms with Crippen LogP contribution in [0.3, 0.4) is 0 Å². The molecule has 1 aromatic heterocycles.